The van der Waals surface area contributed by atoms with Crippen molar-refractivity contribution >= 4 is 5.97 Å². The zero-order valence-corrected chi connectivity index (χ0v) is 10.3. The molecule has 0 aromatic carbocycles. The Morgan fingerprint density at radius 3 is 2.55 bits per heavy atom. The second kappa shape index (κ2) is 6.40. The van der Waals surface area contributed by atoms with Crippen LogP contribution in [0.5, 0.6) is 11.5 Å². The molecule has 0 aliphatic heterocycles. The third-order valence-corrected chi connectivity index (χ3v) is 2.09. The first kappa shape index (κ1) is 16.0. The Hall–Kier alpha value is -2.06. The summed E-state index contributed by atoms with van der Waals surface area (Å²) >= 11 is 0. The van der Waals surface area contributed by atoms with E-state index >= 15 is 0 Å². The van der Waals surface area contributed by atoms with Gasteiger partial charge >= 0.3 is 12.3 Å². The molecule has 112 valence electrons. The topological polar surface area (TPSA) is 68.7 Å². The fourth-order valence-corrected chi connectivity index (χ4v) is 1.35. The van der Waals surface area contributed by atoms with Crippen molar-refractivity contribution in [1.82, 2.24) is 4.98 Å². The predicted octanol–water partition coefficient (Wildman–Crippen LogP) is 2.26. The number of carbonyl (C=O) groups is 1. The molecule has 0 radical (unpaired) electrons. The number of alkyl halides is 4. The van der Waals surface area contributed by atoms with Gasteiger partial charge in [-0.25, -0.2) is 9.37 Å². The number of esters is 1. The quantitative estimate of drug-likeness (QED) is 0.667. The first-order chi connectivity index (χ1) is 9.26. The summed E-state index contributed by atoms with van der Waals surface area (Å²) in [5.41, 5.74) is -0.954. The van der Waals surface area contributed by atoms with Crippen molar-refractivity contribution in [3.63, 3.8) is 0 Å². The number of aromatic hydroxyl groups is 1. The molecule has 9 heteroatoms. The molecule has 0 saturated heterocycles. The van der Waals surface area contributed by atoms with Crippen LogP contribution in [0.1, 0.15) is 18.3 Å². The van der Waals surface area contributed by atoms with E-state index < -0.39 is 42.6 Å². The van der Waals surface area contributed by atoms with Crippen LogP contribution in [0.3, 0.4) is 0 Å². The Morgan fingerprint density at radius 2 is 2.05 bits per heavy atom. The first-order valence-electron chi connectivity index (χ1n) is 5.46. The third kappa shape index (κ3) is 4.56. The molecule has 0 amide bonds. The maximum Gasteiger partial charge on any atom is 0.573 e. The molecule has 0 fully saturated rings. The summed E-state index contributed by atoms with van der Waals surface area (Å²) in [6, 6.07) is 0.559. The number of hydrogen-bond donors (Lipinski definition) is 1. The lowest BCUT2D eigenvalue weighted by atomic mass is 10.2. The highest BCUT2D eigenvalue weighted by Gasteiger charge is 2.33. The van der Waals surface area contributed by atoms with E-state index in [9.17, 15) is 27.5 Å². The van der Waals surface area contributed by atoms with E-state index in [1.165, 1.54) is 0 Å². The number of hydrogen-bond acceptors (Lipinski definition) is 5. The van der Waals surface area contributed by atoms with Gasteiger partial charge in [-0.05, 0) is 6.92 Å². The lowest BCUT2D eigenvalue weighted by molar-refractivity contribution is -0.275. The lowest BCUT2D eigenvalue weighted by Gasteiger charge is -2.13. The monoisotopic (exact) mass is 297 g/mol. The Balaban J connectivity index is 3.03. The van der Waals surface area contributed by atoms with E-state index in [0.717, 1.165) is 0 Å². The Labute approximate surface area is 111 Å². The van der Waals surface area contributed by atoms with E-state index in [2.05, 4.69) is 14.5 Å². The standard InChI is InChI=1S/C11H11F4NO4/c1-2-19-10(18)3-6-8(17)4-9(7(5-12)16-6)20-11(13,14)15/h4,17H,2-3,5H2,1H3. The molecule has 1 heterocycles. The fraction of sp³-hybridized carbons (Fsp3) is 0.455. The minimum Gasteiger partial charge on any atom is -0.506 e. The van der Waals surface area contributed by atoms with Gasteiger partial charge in [0.1, 0.15) is 18.1 Å². The minimum atomic E-state index is -5.04. The maximum absolute atomic E-state index is 12.7. The normalized spacial score (nSPS) is 11.2. The van der Waals surface area contributed by atoms with E-state index in [-0.39, 0.29) is 12.3 Å². The number of ether oxygens (including phenoxy) is 2. The second-order valence-electron chi connectivity index (χ2n) is 3.56. The number of carbonyl (C=O) groups excluding carboxylic acids is 1. The molecule has 0 saturated carbocycles. The van der Waals surface area contributed by atoms with Crippen molar-refractivity contribution in [2.24, 2.45) is 0 Å². The maximum atomic E-state index is 12.7. The summed E-state index contributed by atoms with van der Waals surface area (Å²) in [7, 11) is 0. The molecule has 5 nitrogen and oxygen atoms in total. The van der Waals surface area contributed by atoms with Crippen molar-refractivity contribution in [2.45, 2.75) is 26.4 Å². The highest BCUT2D eigenvalue weighted by molar-refractivity contribution is 5.73. The van der Waals surface area contributed by atoms with Crippen LogP contribution in [0.25, 0.3) is 0 Å². The molecule has 20 heavy (non-hydrogen) atoms. The van der Waals surface area contributed by atoms with E-state index in [0.29, 0.717) is 6.07 Å². The fourth-order valence-electron chi connectivity index (χ4n) is 1.35. The molecule has 0 atom stereocenters. The van der Waals surface area contributed by atoms with Crippen LogP contribution in [0.15, 0.2) is 6.07 Å². The van der Waals surface area contributed by atoms with E-state index in [1.807, 2.05) is 0 Å². The summed E-state index contributed by atoms with van der Waals surface area (Å²) in [6.45, 7) is 0.296. The number of rotatable bonds is 5. The van der Waals surface area contributed by atoms with Gasteiger partial charge in [-0.15, -0.1) is 13.2 Å². The molecule has 0 bridgehead atoms. The Bertz CT molecular complexity index is 490. The van der Waals surface area contributed by atoms with Gasteiger partial charge in [-0.3, -0.25) is 4.79 Å². The first-order valence-corrected chi connectivity index (χ1v) is 5.46. The van der Waals surface area contributed by atoms with Crippen molar-refractivity contribution in [2.75, 3.05) is 6.61 Å². The number of pyridine rings is 1. The minimum absolute atomic E-state index is 0.0881. The van der Waals surface area contributed by atoms with Crippen LogP contribution in [0.2, 0.25) is 0 Å². The smallest absolute Gasteiger partial charge is 0.506 e. The number of halogens is 4. The predicted molar refractivity (Wildman–Crippen MR) is 57.7 cm³/mol. The van der Waals surface area contributed by atoms with E-state index in [1.54, 1.807) is 6.92 Å². The van der Waals surface area contributed by atoms with Crippen LogP contribution in [-0.2, 0) is 22.6 Å². The molecule has 0 unspecified atom stereocenters. The second-order valence-corrected chi connectivity index (χ2v) is 3.56. The molecule has 1 rings (SSSR count). The largest absolute Gasteiger partial charge is 0.573 e. The van der Waals surface area contributed by atoms with Crippen molar-refractivity contribution in [1.29, 1.82) is 0 Å². The molecular weight excluding hydrogens is 286 g/mol. The lowest BCUT2D eigenvalue weighted by Crippen LogP contribution is -2.19. The van der Waals surface area contributed by atoms with Crippen LogP contribution < -0.4 is 4.74 Å². The highest BCUT2D eigenvalue weighted by Crippen LogP contribution is 2.31. The van der Waals surface area contributed by atoms with Crippen LogP contribution in [0, 0.1) is 0 Å². The molecular formula is C11H11F4NO4. The summed E-state index contributed by atoms with van der Waals surface area (Å²) < 4.78 is 57.0. The molecule has 1 aromatic heterocycles. The van der Waals surface area contributed by atoms with Gasteiger partial charge in [0, 0.05) is 6.07 Å². The number of nitrogens with zero attached hydrogens (tertiary/aromatic N) is 1. The van der Waals surface area contributed by atoms with E-state index in [4.69, 9.17) is 0 Å². The van der Waals surface area contributed by atoms with Gasteiger partial charge in [0.25, 0.3) is 0 Å². The Kier molecular flexibility index (Phi) is 5.12. The molecule has 1 N–H and O–H groups in total. The zero-order valence-electron chi connectivity index (χ0n) is 10.3. The van der Waals surface area contributed by atoms with Gasteiger partial charge in [-0.2, -0.15) is 0 Å². The average Bonchev–Trinajstić information content (AvgIpc) is 2.31. The van der Waals surface area contributed by atoms with Crippen LogP contribution in [-0.4, -0.2) is 29.0 Å². The van der Waals surface area contributed by atoms with Crippen molar-refractivity contribution in [3.8, 4) is 11.5 Å². The van der Waals surface area contributed by atoms with Crippen LogP contribution in [0.4, 0.5) is 17.6 Å². The highest BCUT2D eigenvalue weighted by atomic mass is 19.4. The van der Waals surface area contributed by atoms with Gasteiger partial charge in [0.2, 0.25) is 0 Å². The average molecular weight is 297 g/mol. The number of aromatic nitrogens is 1. The summed E-state index contributed by atoms with van der Waals surface area (Å²) in [4.78, 5) is 14.6. The summed E-state index contributed by atoms with van der Waals surface area (Å²) in [5.74, 6) is -2.41. The van der Waals surface area contributed by atoms with Crippen molar-refractivity contribution < 1.29 is 36.9 Å². The SMILES string of the molecule is CCOC(=O)Cc1nc(CF)c(OC(F)(F)F)cc1O. The third-order valence-electron chi connectivity index (χ3n) is 2.09. The molecule has 1 aromatic rings. The van der Waals surface area contributed by atoms with Gasteiger partial charge in [0.05, 0.1) is 18.7 Å². The summed E-state index contributed by atoms with van der Waals surface area (Å²) in [5, 5.41) is 9.49. The molecule has 0 aliphatic carbocycles. The molecule has 0 aliphatic rings. The van der Waals surface area contributed by atoms with Crippen molar-refractivity contribution in [3.05, 3.63) is 17.5 Å². The van der Waals surface area contributed by atoms with Gasteiger partial charge in [0.15, 0.2) is 5.75 Å². The summed E-state index contributed by atoms with van der Waals surface area (Å²) in [6.07, 6.45) is -5.53. The Morgan fingerprint density at radius 1 is 1.40 bits per heavy atom. The van der Waals surface area contributed by atoms with Crippen LogP contribution >= 0.6 is 0 Å². The van der Waals surface area contributed by atoms with Gasteiger partial charge in [-0.1, -0.05) is 0 Å². The molecule has 0 spiro atoms. The van der Waals surface area contributed by atoms with Gasteiger partial charge < -0.3 is 14.6 Å². The zero-order chi connectivity index (χ0) is 15.3.